The zero-order chi connectivity index (χ0) is 18.5. The number of aromatic amines is 1. The number of benzene rings is 1. The van der Waals surface area contributed by atoms with E-state index in [9.17, 15) is 4.79 Å². The molecule has 0 radical (unpaired) electrons. The molecule has 1 amide bonds. The lowest BCUT2D eigenvalue weighted by Gasteiger charge is -2.31. The first kappa shape index (κ1) is 18.3. The van der Waals surface area contributed by atoms with Crippen LogP contribution >= 0.6 is 0 Å². The molecule has 1 aromatic heterocycles. The second kappa shape index (κ2) is 8.74. The van der Waals surface area contributed by atoms with Gasteiger partial charge in [0.15, 0.2) is 0 Å². The topological polar surface area (TPSA) is 64.3 Å². The molecule has 4 rings (SSSR count). The lowest BCUT2D eigenvalue weighted by Crippen LogP contribution is -2.41. The number of nitrogens with zero attached hydrogens (tertiary/aromatic N) is 3. The number of anilines is 1. The van der Waals surface area contributed by atoms with Crippen molar-refractivity contribution in [2.75, 3.05) is 44.2 Å². The molecular weight excluding hydrogens is 338 g/mol. The number of hydrogen-bond donors (Lipinski definition) is 2. The highest BCUT2D eigenvalue weighted by Crippen LogP contribution is 2.23. The molecule has 0 saturated carbocycles. The minimum absolute atomic E-state index is 0.139. The van der Waals surface area contributed by atoms with Crippen LogP contribution in [0.15, 0.2) is 24.3 Å². The Balaban J connectivity index is 1.18. The molecule has 6 nitrogen and oxygen atoms in total. The van der Waals surface area contributed by atoms with Crippen LogP contribution in [0, 0.1) is 5.92 Å². The molecule has 2 saturated heterocycles. The third-order valence-corrected chi connectivity index (χ3v) is 5.94. The van der Waals surface area contributed by atoms with Gasteiger partial charge in [0.05, 0.1) is 11.0 Å². The van der Waals surface area contributed by atoms with Crippen molar-refractivity contribution in [2.45, 2.75) is 38.5 Å². The van der Waals surface area contributed by atoms with Gasteiger partial charge in [-0.1, -0.05) is 18.6 Å². The molecule has 0 bridgehead atoms. The third kappa shape index (κ3) is 4.61. The van der Waals surface area contributed by atoms with Gasteiger partial charge in [-0.2, -0.15) is 0 Å². The van der Waals surface area contributed by atoms with Crippen LogP contribution in [0.3, 0.4) is 0 Å². The highest BCUT2D eigenvalue weighted by atomic mass is 16.1. The van der Waals surface area contributed by atoms with Crippen molar-refractivity contribution in [3.63, 3.8) is 0 Å². The van der Waals surface area contributed by atoms with Crippen LogP contribution in [0.4, 0.5) is 5.95 Å². The monoisotopic (exact) mass is 369 g/mol. The maximum Gasteiger partial charge on any atom is 0.223 e. The van der Waals surface area contributed by atoms with Crippen molar-refractivity contribution in [1.82, 2.24) is 20.2 Å². The minimum Gasteiger partial charge on any atom is -0.356 e. The Morgan fingerprint density at radius 2 is 1.89 bits per heavy atom. The van der Waals surface area contributed by atoms with Gasteiger partial charge in [0.25, 0.3) is 0 Å². The summed E-state index contributed by atoms with van der Waals surface area (Å²) in [5, 5.41) is 3.16. The summed E-state index contributed by atoms with van der Waals surface area (Å²) in [7, 11) is 0. The smallest absolute Gasteiger partial charge is 0.223 e. The quantitative estimate of drug-likeness (QED) is 0.769. The highest BCUT2D eigenvalue weighted by Gasteiger charge is 2.26. The first-order chi connectivity index (χ1) is 13.3. The van der Waals surface area contributed by atoms with Crippen LogP contribution in [0.1, 0.15) is 38.5 Å². The minimum atomic E-state index is 0.139. The molecule has 27 heavy (non-hydrogen) atoms. The molecule has 2 N–H and O–H groups in total. The van der Waals surface area contributed by atoms with Crippen LogP contribution in [0.5, 0.6) is 0 Å². The zero-order valence-corrected chi connectivity index (χ0v) is 16.1. The molecule has 2 fully saturated rings. The number of carbonyl (C=O) groups is 1. The van der Waals surface area contributed by atoms with Gasteiger partial charge in [-0.25, -0.2) is 4.98 Å². The van der Waals surface area contributed by atoms with Crippen LogP contribution in [-0.4, -0.2) is 60.0 Å². The molecular formula is C21H31N5O. The molecule has 6 heteroatoms. The zero-order valence-electron chi connectivity index (χ0n) is 16.1. The normalized spacial score (nSPS) is 19.5. The fourth-order valence-electron chi connectivity index (χ4n) is 4.28. The van der Waals surface area contributed by atoms with Crippen molar-refractivity contribution < 1.29 is 4.79 Å². The second-order valence-electron chi connectivity index (χ2n) is 7.89. The number of fused-ring (bicyclic) bond motifs is 1. The molecule has 0 spiro atoms. The van der Waals surface area contributed by atoms with E-state index in [4.69, 9.17) is 0 Å². The largest absolute Gasteiger partial charge is 0.356 e. The van der Waals surface area contributed by atoms with Crippen LogP contribution < -0.4 is 10.2 Å². The molecule has 2 aliphatic heterocycles. The van der Waals surface area contributed by atoms with Gasteiger partial charge in [-0.15, -0.1) is 0 Å². The summed E-state index contributed by atoms with van der Waals surface area (Å²) < 4.78 is 0. The molecule has 2 aromatic rings. The predicted molar refractivity (Wildman–Crippen MR) is 109 cm³/mol. The summed E-state index contributed by atoms with van der Waals surface area (Å²) in [5.41, 5.74) is 2.07. The Labute approximate surface area is 161 Å². The lowest BCUT2D eigenvalue weighted by molar-refractivity contribution is -0.125. The number of nitrogens with one attached hydrogen (secondary N) is 2. The van der Waals surface area contributed by atoms with Gasteiger partial charge in [0.1, 0.15) is 0 Å². The standard InChI is InChI=1S/C21H31N5O/c27-20(22-11-6-14-25-12-4-1-5-13-25)17-9-15-26(16-10-17)21-23-18-7-2-3-8-19(18)24-21/h2-3,7-8,17H,1,4-6,9-16H2,(H,22,27)(H,23,24). The van der Waals surface area contributed by atoms with E-state index >= 15 is 0 Å². The van der Waals surface area contributed by atoms with E-state index in [0.717, 1.165) is 62.4 Å². The number of imidazole rings is 1. The van der Waals surface area contributed by atoms with Crippen molar-refractivity contribution in [3.8, 4) is 0 Å². The second-order valence-corrected chi connectivity index (χ2v) is 7.89. The molecule has 2 aliphatic rings. The number of rotatable bonds is 6. The van der Waals surface area contributed by atoms with Gasteiger partial charge >= 0.3 is 0 Å². The number of likely N-dealkylation sites (tertiary alicyclic amines) is 1. The van der Waals surface area contributed by atoms with Crippen LogP contribution in [0.2, 0.25) is 0 Å². The molecule has 0 aliphatic carbocycles. The predicted octanol–water partition coefficient (Wildman–Crippen LogP) is 2.77. The number of para-hydroxylation sites is 2. The first-order valence-corrected chi connectivity index (χ1v) is 10.5. The lowest BCUT2D eigenvalue weighted by atomic mass is 9.96. The van der Waals surface area contributed by atoms with E-state index in [2.05, 4.69) is 31.2 Å². The number of aromatic nitrogens is 2. The molecule has 146 valence electrons. The summed E-state index contributed by atoms with van der Waals surface area (Å²) in [6.07, 6.45) is 6.89. The number of H-pyrrole nitrogens is 1. The Bertz CT molecular complexity index is 711. The van der Waals surface area contributed by atoms with E-state index in [1.807, 2.05) is 18.2 Å². The summed E-state index contributed by atoms with van der Waals surface area (Å²) in [6.45, 7) is 6.14. The molecule has 0 unspecified atom stereocenters. The fourth-order valence-corrected chi connectivity index (χ4v) is 4.28. The Kier molecular flexibility index (Phi) is 5.92. The average molecular weight is 370 g/mol. The molecule has 3 heterocycles. The fraction of sp³-hybridized carbons (Fsp3) is 0.619. The number of amides is 1. The van der Waals surface area contributed by atoms with Crippen molar-refractivity contribution in [1.29, 1.82) is 0 Å². The van der Waals surface area contributed by atoms with E-state index in [0.29, 0.717) is 0 Å². The van der Waals surface area contributed by atoms with Gasteiger partial charge in [0, 0.05) is 25.6 Å². The van der Waals surface area contributed by atoms with Gasteiger partial charge < -0.3 is 20.1 Å². The maximum atomic E-state index is 12.5. The SMILES string of the molecule is O=C(NCCCN1CCCCC1)C1CCN(c2nc3ccccc3[nH]2)CC1. The summed E-state index contributed by atoms with van der Waals surface area (Å²) in [4.78, 5) is 25.3. The molecule has 0 atom stereocenters. The van der Waals surface area contributed by atoms with E-state index in [1.165, 1.54) is 32.4 Å². The average Bonchev–Trinajstić information content (AvgIpc) is 3.16. The summed E-state index contributed by atoms with van der Waals surface area (Å²) >= 11 is 0. The van der Waals surface area contributed by atoms with Crippen molar-refractivity contribution in [3.05, 3.63) is 24.3 Å². The van der Waals surface area contributed by atoms with Crippen LogP contribution in [0.25, 0.3) is 11.0 Å². The highest BCUT2D eigenvalue weighted by molar-refractivity contribution is 5.79. The van der Waals surface area contributed by atoms with E-state index in [-0.39, 0.29) is 11.8 Å². The summed E-state index contributed by atoms with van der Waals surface area (Å²) in [6, 6.07) is 8.11. The Hall–Kier alpha value is -2.08. The number of hydrogen-bond acceptors (Lipinski definition) is 4. The number of carbonyl (C=O) groups excluding carboxylic acids is 1. The maximum absolute atomic E-state index is 12.5. The van der Waals surface area contributed by atoms with E-state index in [1.54, 1.807) is 0 Å². The van der Waals surface area contributed by atoms with E-state index < -0.39 is 0 Å². The van der Waals surface area contributed by atoms with Gasteiger partial charge in [-0.3, -0.25) is 4.79 Å². The van der Waals surface area contributed by atoms with Crippen LogP contribution in [-0.2, 0) is 4.79 Å². The third-order valence-electron chi connectivity index (χ3n) is 5.94. The Morgan fingerprint density at radius 1 is 1.11 bits per heavy atom. The van der Waals surface area contributed by atoms with Crippen molar-refractivity contribution in [2.24, 2.45) is 5.92 Å². The van der Waals surface area contributed by atoms with Gasteiger partial charge in [0.2, 0.25) is 11.9 Å². The van der Waals surface area contributed by atoms with Crippen molar-refractivity contribution >= 4 is 22.9 Å². The number of piperidine rings is 2. The van der Waals surface area contributed by atoms with Gasteiger partial charge in [-0.05, 0) is 63.9 Å². The first-order valence-electron chi connectivity index (χ1n) is 10.5. The summed E-state index contributed by atoms with van der Waals surface area (Å²) in [5.74, 6) is 1.30. The Morgan fingerprint density at radius 3 is 2.67 bits per heavy atom. The molecule has 1 aromatic carbocycles.